The van der Waals surface area contributed by atoms with Crippen molar-refractivity contribution in [1.29, 1.82) is 0 Å². The first-order valence-corrected chi connectivity index (χ1v) is 8.31. The zero-order valence-corrected chi connectivity index (χ0v) is 13.2. The molecule has 0 saturated carbocycles. The molecule has 3 heterocycles. The van der Waals surface area contributed by atoms with Crippen LogP contribution in [0, 0.1) is 0 Å². The first-order chi connectivity index (χ1) is 11.1. The van der Waals surface area contributed by atoms with Crippen LogP contribution in [0.2, 0.25) is 0 Å². The molecule has 124 valence electrons. The highest BCUT2D eigenvalue weighted by atomic mass is 16.3. The average Bonchev–Trinajstić information content (AvgIpc) is 2.62. The second-order valence-electron chi connectivity index (χ2n) is 6.36. The number of piperidine rings is 2. The van der Waals surface area contributed by atoms with Gasteiger partial charge in [-0.2, -0.15) is 0 Å². The molecule has 1 aromatic heterocycles. The lowest BCUT2D eigenvalue weighted by Gasteiger charge is -2.40. The lowest BCUT2D eigenvalue weighted by atomic mass is 9.98. The molecule has 1 aromatic rings. The Labute approximate surface area is 136 Å². The fourth-order valence-electron chi connectivity index (χ4n) is 3.45. The third kappa shape index (κ3) is 3.76. The van der Waals surface area contributed by atoms with Gasteiger partial charge in [0.1, 0.15) is 0 Å². The Morgan fingerprint density at radius 2 is 1.78 bits per heavy atom. The molecule has 0 bridgehead atoms. The van der Waals surface area contributed by atoms with E-state index in [0.29, 0.717) is 24.7 Å². The van der Waals surface area contributed by atoms with Gasteiger partial charge in [0.15, 0.2) is 0 Å². The van der Waals surface area contributed by atoms with E-state index in [1.54, 1.807) is 23.2 Å². The molecule has 6 heteroatoms. The van der Waals surface area contributed by atoms with E-state index in [2.05, 4.69) is 9.88 Å². The van der Waals surface area contributed by atoms with E-state index in [-0.39, 0.29) is 6.10 Å². The zero-order valence-electron chi connectivity index (χ0n) is 13.2. The summed E-state index contributed by atoms with van der Waals surface area (Å²) in [5.74, 6) is -0.900. The number of carbonyl (C=O) groups is 2. The van der Waals surface area contributed by atoms with Gasteiger partial charge in [-0.15, -0.1) is 0 Å². The first-order valence-electron chi connectivity index (χ1n) is 8.31. The van der Waals surface area contributed by atoms with Crippen molar-refractivity contribution in [2.24, 2.45) is 0 Å². The number of rotatable bonds is 3. The van der Waals surface area contributed by atoms with Crippen LogP contribution in [0.5, 0.6) is 0 Å². The Hall–Kier alpha value is -1.79. The Kier molecular flexibility index (Phi) is 5.03. The monoisotopic (exact) mass is 317 g/mol. The molecule has 2 aliphatic heterocycles. The SMILES string of the molecule is O=C(C(=O)N1CCC(N2CCC(O)CC2)CC1)c1cccnc1. The molecular weight excluding hydrogens is 294 g/mol. The number of amides is 1. The number of hydrogen-bond acceptors (Lipinski definition) is 5. The van der Waals surface area contributed by atoms with Gasteiger partial charge in [0, 0.05) is 50.2 Å². The largest absolute Gasteiger partial charge is 0.393 e. The van der Waals surface area contributed by atoms with Gasteiger partial charge in [-0.3, -0.25) is 14.6 Å². The van der Waals surface area contributed by atoms with Crippen LogP contribution in [0.3, 0.4) is 0 Å². The highest BCUT2D eigenvalue weighted by Crippen LogP contribution is 2.21. The number of hydrogen-bond donors (Lipinski definition) is 1. The van der Waals surface area contributed by atoms with Crippen LogP contribution >= 0.6 is 0 Å². The summed E-state index contributed by atoms with van der Waals surface area (Å²) in [7, 11) is 0. The molecule has 0 aromatic carbocycles. The van der Waals surface area contributed by atoms with Gasteiger partial charge in [0.05, 0.1) is 6.10 Å². The van der Waals surface area contributed by atoms with Crippen molar-refractivity contribution in [3.05, 3.63) is 30.1 Å². The smallest absolute Gasteiger partial charge is 0.295 e. The molecule has 2 saturated heterocycles. The molecule has 0 unspecified atom stereocenters. The quantitative estimate of drug-likeness (QED) is 0.656. The molecule has 23 heavy (non-hydrogen) atoms. The fourth-order valence-corrected chi connectivity index (χ4v) is 3.45. The number of carbonyl (C=O) groups excluding carboxylic acids is 2. The number of nitrogens with zero attached hydrogens (tertiary/aromatic N) is 3. The summed E-state index contributed by atoms with van der Waals surface area (Å²) in [5, 5.41) is 9.59. The van der Waals surface area contributed by atoms with Gasteiger partial charge in [0.25, 0.3) is 11.7 Å². The maximum atomic E-state index is 12.3. The third-order valence-corrected chi connectivity index (χ3v) is 4.89. The van der Waals surface area contributed by atoms with Crippen molar-refractivity contribution in [3.8, 4) is 0 Å². The Bertz CT molecular complexity index is 547. The van der Waals surface area contributed by atoms with Crippen LogP contribution in [0.25, 0.3) is 0 Å². The van der Waals surface area contributed by atoms with Crippen LogP contribution in [0.15, 0.2) is 24.5 Å². The summed E-state index contributed by atoms with van der Waals surface area (Å²) in [6.07, 6.45) is 6.31. The molecule has 0 atom stereocenters. The van der Waals surface area contributed by atoms with Crippen LogP contribution < -0.4 is 0 Å². The number of ketones is 1. The van der Waals surface area contributed by atoms with E-state index in [4.69, 9.17) is 0 Å². The fraction of sp³-hybridized carbons (Fsp3) is 0.588. The summed E-state index contributed by atoms with van der Waals surface area (Å²) in [5.41, 5.74) is 0.352. The summed E-state index contributed by atoms with van der Waals surface area (Å²) >= 11 is 0. The van der Waals surface area contributed by atoms with E-state index >= 15 is 0 Å². The Balaban J connectivity index is 1.52. The summed E-state index contributed by atoms with van der Waals surface area (Å²) in [6.45, 7) is 3.09. The highest BCUT2D eigenvalue weighted by molar-refractivity contribution is 6.42. The predicted octanol–water partition coefficient (Wildman–Crippen LogP) is 0.712. The van der Waals surface area contributed by atoms with Crippen LogP contribution in [0.1, 0.15) is 36.0 Å². The zero-order chi connectivity index (χ0) is 16.2. The number of aliphatic hydroxyl groups excluding tert-OH is 1. The van der Waals surface area contributed by atoms with Crippen molar-refractivity contribution < 1.29 is 14.7 Å². The molecule has 0 spiro atoms. The molecule has 2 aliphatic rings. The number of aliphatic hydroxyl groups is 1. The van der Waals surface area contributed by atoms with Gasteiger partial charge < -0.3 is 14.9 Å². The van der Waals surface area contributed by atoms with Gasteiger partial charge in [-0.1, -0.05) is 0 Å². The van der Waals surface area contributed by atoms with Gasteiger partial charge in [0.2, 0.25) is 0 Å². The van der Waals surface area contributed by atoms with Crippen LogP contribution in [-0.4, -0.2) is 69.9 Å². The van der Waals surface area contributed by atoms with E-state index in [9.17, 15) is 14.7 Å². The van der Waals surface area contributed by atoms with Gasteiger partial charge in [-0.25, -0.2) is 0 Å². The van der Waals surface area contributed by atoms with Crippen molar-refractivity contribution >= 4 is 11.7 Å². The van der Waals surface area contributed by atoms with Crippen molar-refractivity contribution in [1.82, 2.24) is 14.8 Å². The molecule has 3 rings (SSSR count). The lowest BCUT2D eigenvalue weighted by Crippen LogP contribution is -2.50. The molecule has 0 aliphatic carbocycles. The third-order valence-electron chi connectivity index (χ3n) is 4.89. The standard InChI is InChI=1S/C17H23N3O3/c21-15-5-10-19(11-6-15)14-3-8-20(9-4-14)17(23)16(22)13-2-1-7-18-12-13/h1-2,7,12,14-15,21H,3-6,8-11H2. The van der Waals surface area contributed by atoms with Crippen molar-refractivity contribution in [2.45, 2.75) is 37.8 Å². The Morgan fingerprint density at radius 1 is 1.09 bits per heavy atom. The van der Waals surface area contributed by atoms with E-state index < -0.39 is 11.7 Å². The van der Waals surface area contributed by atoms with E-state index in [0.717, 1.165) is 38.8 Å². The lowest BCUT2D eigenvalue weighted by molar-refractivity contribution is -0.128. The molecule has 1 N–H and O–H groups in total. The predicted molar refractivity (Wildman–Crippen MR) is 85.0 cm³/mol. The normalized spacial score (nSPS) is 21.3. The summed E-state index contributed by atoms with van der Waals surface area (Å²) in [4.78, 5) is 32.5. The minimum absolute atomic E-state index is 0.162. The summed E-state index contributed by atoms with van der Waals surface area (Å²) in [6, 6.07) is 3.75. The topological polar surface area (TPSA) is 73.7 Å². The minimum atomic E-state index is -0.474. The van der Waals surface area contributed by atoms with Crippen molar-refractivity contribution in [3.63, 3.8) is 0 Å². The maximum Gasteiger partial charge on any atom is 0.295 e. The second kappa shape index (κ2) is 7.19. The molecule has 1 amide bonds. The Morgan fingerprint density at radius 3 is 2.39 bits per heavy atom. The maximum absolute atomic E-state index is 12.3. The summed E-state index contributed by atoms with van der Waals surface area (Å²) < 4.78 is 0. The van der Waals surface area contributed by atoms with Gasteiger partial charge in [-0.05, 0) is 37.8 Å². The van der Waals surface area contributed by atoms with Gasteiger partial charge >= 0.3 is 0 Å². The van der Waals surface area contributed by atoms with E-state index in [1.165, 1.54) is 6.20 Å². The molecule has 2 fully saturated rings. The molecule has 0 radical (unpaired) electrons. The number of aromatic nitrogens is 1. The van der Waals surface area contributed by atoms with Crippen molar-refractivity contribution in [2.75, 3.05) is 26.2 Å². The number of pyridine rings is 1. The number of Topliss-reactive ketones (excluding diaryl/α,β-unsaturated/α-hetero) is 1. The number of likely N-dealkylation sites (tertiary alicyclic amines) is 2. The average molecular weight is 317 g/mol. The minimum Gasteiger partial charge on any atom is -0.393 e. The first kappa shape index (κ1) is 16.1. The second-order valence-corrected chi connectivity index (χ2v) is 6.36. The van der Waals surface area contributed by atoms with Crippen LogP contribution in [0.4, 0.5) is 0 Å². The molecule has 6 nitrogen and oxygen atoms in total. The molecular formula is C17H23N3O3. The van der Waals surface area contributed by atoms with E-state index in [1.807, 2.05) is 0 Å². The van der Waals surface area contributed by atoms with Crippen LogP contribution in [-0.2, 0) is 4.79 Å². The highest BCUT2D eigenvalue weighted by Gasteiger charge is 2.31.